The second-order valence-electron chi connectivity index (χ2n) is 5.40. The monoisotopic (exact) mass is 320 g/mol. The molecule has 1 heterocycles. The quantitative estimate of drug-likeness (QED) is 0.512. The summed E-state index contributed by atoms with van der Waals surface area (Å²) in [7, 11) is 0. The largest absolute Gasteiger partial charge is 0.479 e. The molecule has 1 aliphatic rings. The number of cyclic esters (lactones) is 2. The van der Waals surface area contributed by atoms with Crippen molar-refractivity contribution in [3.8, 4) is 5.75 Å². The van der Waals surface area contributed by atoms with Crippen LogP contribution in [0.3, 0.4) is 0 Å². The fraction of sp³-hybridized carbons (Fsp3) is 0.312. The molecule has 0 spiro atoms. The highest BCUT2D eigenvalue weighted by molar-refractivity contribution is 6.18. The highest BCUT2D eigenvalue weighted by atomic mass is 16.7. The zero-order valence-electron chi connectivity index (χ0n) is 12.9. The van der Waals surface area contributed by atoms with Crippen molar-refractivity contribution in [1.29, 1.82) is 0 Å². The van der Waals surface area contributed by atoms with Crippen molar-refractivity contribution in [2.45, 2.75) is 32.7 Å². The van der Waals surface area contributed by atoms with E-state index < -0.39 is 29.8 Å². The summed E-state index contributed by atoms with van der Waals surface area (Å²) in [6.07, 6.45) is 0.356. The van der Waals surface area contributed by atoms with Gasteiger partial charge in [-0.25, -0.2) is 14.4 Å². The first-order valence-electron chi connectivity index (χ1n) is 6.86. The van der Waals surface area contributed by atoms with E-state index in [0.29, 0.717) is 11.3 Å². The van der Waals surface area contributed by atoms with Gasteiger partial charge < -0.3 is 19.3 Å². The van der Waals surface area contributed by atoms with Crippen LogP contribution in [0.15, 0.2) is 29.8 Å². The minimum Gasteiger partial charge on any atom is -0.479 e. The van der Waals surface area contributed by atoms with Crippen molar-refractivity contribution in [1.82, 2.24) is 0 Å². The lowest BCUT2D eigenvalue weighted by Crippen LogP contribution is -2.41. The molecule has 1 unspecified atom stereocenters. The Morgan fingerprint density at radius 2 is 1.70 bits per heavy atom. The Morgan fingerprint density at radius 3 is 2.17 bits per heavy atom. The topological polar surface area (TPSA) is 99.1 Å². The van der Waals surface area contributed by atoms with E-state index in [9.17, 15) is 14.4 Å². The number of hydrogen-bond acceptors (Lipinski definition) is 6. The number of aliphatic carboxylic acids is 1. The SMILES string of the molecule is CC(Oc1ccc(C=C2C(=O)OC(C)(C)OC2=O)cc1)C(=O)O. The third kappa shape index (κ3) is 4.09. The van der Waals surface area contributed by atoms with Gasteiger partial charge in [0.15, 0.2) is 6.10 Å². The van der Waals surface area contributed by atoms with E-state index in [4.69, 9.17) is 19.3 Å². The molecular formula is C16H16O7. The molecule has 0 aromatic heterocycles. The Balaban J connectivity index is 2.15. The Hall–Kier alpha value is -2.83. The number of benzene rings is 1. The number of carbonyl (C=O) groups is 3. The number of carboxylic acid groups (broad SMARTS) is 1. The predicted molar refractivity (Wildman–Crippen MR) is 78.4 cm³/mol. The number of rotatable bonds is 4. The van der Waals surface area contributed by atoms with E-state index in [-0.39, 0.29) is 5.57 Å². The fourth-order valence-electron chi connectivity index (χ4n) is 1.84. The summed E-state index contributed by atoms with van der Waals surface area (Å²) in [4.78, 5) is 34.4. The second kappa shape index (κ2) is 6.12. The summed E-state index contributed by atoms with van der Waals surface area (Å²) in [6, 6.07) is 6.24. The molecule has 0 amide bonds. The summed E-state index contributed by atoms with van der Waals surface area (Å²) in [5, 5.41) is 8.78. The van der Waals surface area contributed by atoms with Gasteiger partial charge in [-0.05, 0) is 30.7 Å². The maximum atomic E-state index is 11.8. The average Bonchev–Trinajstić information content (AvgIpc) is 2.43. The predicted octanol–water partition coefficient (Wildman–Crippen LogP) is 1.76. The molecule has 7 heteroatoms. The van der Waals surface area contributed by atoms with Crippen molar-refractivity contribution in [2.75, 3.05) is 0 Å². The lowest BCUT2D eigenvalue weighted by atomic mass is 10.1. The number of esters is 2. The van der Waals surface area contributed by atoms with Crippen molar-refractivity contribution >= 4 is 24.0 Å². The van der Waals surface area contributed by atoms with E-state index >= 15 is 0 Å². The normalized spacial score (nSPS) is 17.8. The summed E-state index contributed by atoms with van der Waals surface area (Å²) in [6.45, 7) is 4.35. The minimum absolute atomic E-state index is 0.211. The standard InChI is InChI=1S/C16H16O7/c1-9(13(17)18)21-11-6-4-10(5-7-11)8-12-14(19)22-16(2,3)23-15(12)20/h4-9H,1-3H3,(H,17,18). The first-order valence-corrected chi connectivity index (χ1v) is 6.86. The molecule has 0 saturated carbocycles. The van der Waals surface area contributed by atoms with Crippen LogP contribution in [-0.4, -0.2) is 34.9 Å². The van der Waals surface area contributed by atoms with Crippen LogP contribution in [0.1, 0.15) is 26.3 Å². The minimum atomic E-state index is -1.28. The molecule has 1 aromatic carbocycles. The molecule has 0 bridgehead atoms. The Labute approximate surface area is 132 Å². The molecule has 122 valence electrons. The highest BCUT2D eigenvalue weighted by Crippen LogP contribution is 2.24. The Kier molecular flexibility index (Phi) is 4.40. The maximum absolute atomic E-state index is 11.8. The molecular weight excluding hydrogens is 304 g/mol. The van der Waals surface area contributed by atoms with Crippen molar-refractivity contribution < 1.29 is 33.7 Å². The second-order valence-corrected chi connectivity index (χ2v) is 5.40. The van der Waals surface area contributed by atoms with Crippen LogP contribution in [-0.2, 0) is 23.9 Å². The average molecular weight is 320 g/mol. The molecule has 1 fully saturated rings. The van der Waals surface area contributed by atoms with Gasteiger partial charge in [0.05, 0.1) is 0 Å². The summed E-state index contributed by atoms with van der Waals surface area (Å²) >= 11 is 0. The van der Waals surface area contributed by atoms with Crippen LogP contribution in [0.2, 0.25) is 0 Å². The zero-order chi connectivity index (χ0) is 17.2. The number of carbonyl (C=O) groups excluding carboxylic acids is 2. The van der Waals surface area contributed by atoms with E-state index in [0.717, 1.165) is 0 Å². The lowest BCUT2D eigenvalue weighted by molar-refractivity contribution is -0.222. The van der Waals surface area contributed by atoms with E-state index in [1.165, 1.54) is 39.0 Å². The lowest BCUT2D eigenvalue weighted by Gasteiger charge is -2.29. The molecule has 1 aromatic rings. The number of ether oxygens (including phenoxy) is 3. The van der Waals surface area contributed by atoms with Crippen LogP contribution >= 0.6 is 0 Å². The molecule has 23 heavy (non-hydrogen) atoms. The van der Waals surface area contributed by atoms with E-state index in [2.05, 4.69) is 0 Å². The van der Waals surface area contributed by atoms with Crippen LogP contribution in [0.25, 0.3) is 6.08 Å². The summed E-state index contributed by atoms with van der Waals surface area (Å²) < 4.78 is 15.2. The molecule has 0 aliphatic carbocycles. The zero-order valence-corrected chi connectivity index (χ0v) is 12.9. The van der Waals surface area contributed by atoms with Crippen LogP contribution in [0.4, 0.5) is 0 Å². The molecule has 1 N–H and O–H groups in total. The highest BCUT2D eigenvalue weighted by Gasteiger charge is 2.38. The molecule has 1 saturated heterocycles. The fourth-order valence-corrected chi connectivity index (χ4v) is 1.84. The van der Waals surface area contributed by atoms with Gasteiger partial charge in [0.1, 0.15) is 11.3 Å². The van der Waals surface area contributed by atoms with Gasteiger partial charge in [-0.15, -0.1) is 0 Å². The molecule has 1 atom stereocenters. The van der Waals surface area contributed by atoms with Crippen molar-refractivity contribution in [3.63, 3.8) is 0 Å². The van der Waals surface area contributed by atoms with Gasteiger partial charge >= 0.3 is 17.9 Å². The van der Waals surface area contributed by atoms with Gasteiger partial charge in [0.2, 0.25) is 0 Å². The third-order valence-corrected chi connectivity index (χ3v) is 2.97. The summed E-state index contributed by atoms with van der Waals surface area (Å²) in [5.74, 6) is -3.52. The number of hydrogen-bond donors (Lipinski definition) is 1. The third-order valence-electron chi connectivity index (χ3n) is 2.97. The van der Waals surface area contributed by atoms with Crippen molar-refractivity contribution in [2.24, 2.45) is 0 Å². The van der Waals surface area contributed by atoms with Crippen LogP contribution in [0.5, 0.6) is 5.75 Å². The van der Waals surface area contributed by atoms with Gasteiger partial charge in [-0.1, -0.05) is 12.1 Å². The molecule has 7 nitrogen and oxygen atoms in total. The molecule has 2 rings (SSSR count). The van der Waals surface area contributed by atoms with Crippen LogP contribution in [0, 0.1) is 0 Å². The van der Waals surface area contributed by atoms with Gasteiger partial charge in [-0.3, -0.25) is 0 Å². The van der Waals surface area contributed by atoms with Gasteiger partial charge in [-0.2, -0.15) is 0 Å². The maximum Gasteiger partial charge on any atom is 0.348 e. The molecule has 1 aliphatic heterocycles. The Morgan fingerprint density at radius 1 is 1.17 bits per heavy atom. The van der Waals surface area contributed by atoms with Crippen molar-refractivity contribution in [3.05, 3.63) is 35.4 Å². The van der Waals surface area contributed by atoms with Gasteiger partial charge in [0, 0.05) is 13.8 Å². The number of carboxylic acids is 1. The van der Waals surface area contributed by atoms with E-state index in [1.807, 2.05) is 0 Å². The first kappa shape index (κ1) is 16.5. The first-order chi connectivity index (χ1) is 10.7. The van der Waals surface area contributed by atoms with Gasteiger partial charge in [0.25, 0.3) is 5.79 Å². The summed E-state index contributed by atoms with van der Waals surface area (Å²) in [5.41, 5.74) is 0.334. The Bertz CT molecular complexity index is 648. The smallest absolute Gasteiger partial charge is 0.348 e. The van der Waals surface area contributed by atoms with Crippen LogP contribution < -0.4 is 4.74 Å². The molecule has 0 radical (unpaired) electrons. The van der Waals surface area contributed by atoms with E-state index in [1.54, 1.807) is 12.1 Å².